The molecule has 0 aromatic heterocycles. The van der Waals surface area contributed by atoms with Gasteiger partial charge in [-0.05, 0) is 32.4 Å². The van der Waals surface area contributed by atoms with Crippen molar-refractivity contribution in [2.45, 2.75) is 32.9 Å². The molecule has 0 radical (unpaired) electrons. The quantitative estimate of drug-likeness (QED) is 0.586. The predicted octanol–water partition coefficient (Wildman–Crippen LogP) is 1.27. The predicted molar refractivity (Wildman–Crippen MR) is 87.3 cm³/mol. The van der Waals surface area contributed by atoms with E-state index in [1.54, 1.807) is 13.0 Å². The van der Waals surface area contributed by atoms with E-state index in [1.165, 1.54) is 19.9 Å². The fourth-order valence-corrected chi connectivity index (χ4v) is 1.70. The average Bonchev–Trinajstić information content (AvgIpc) is 2.54. The van der Waals surface area contributed by atoms with Crippen molar-refractivity contribution >= 4 is 23.9 Å². The second-order valence-electron chi connectivity index (χ2n) is 4.95. The summed E-state index contributed by atoms with van der Waals surface area (Å²) in [4.78, 5) is 35.1. The minimum Gasteiger partial charge on any atom is -0.451 e. The zero-order chi connectivity index (χ0) is 17.2. The molecule has 0 fully saturated rings. The van der Waals surface area contributed by atoms with Gasteiger partial charge in [-0.2, -0.15) is 0 Å². The molecule has 1 aromatic rings. The molecule has 6 heteroatoms. The van der Waals surface area contributed by atoms with Crippen LogP contribution in [-0.2, 0) is 19.1 Å². The number of ether oxygens (including phenoxy) is 1. The molecule has 0 saturated carbocycles. The molecule has 2 N–H and O–H groups in total. The standard InChI is InChI=1S/C17H22N2O4/c1-4-18-16(21)13(3)23-17(22)12(2)19-15(20)11-10-14-8-6-5-7-9-14/h5-13H,4H2,1-3H3,(H,18,21)(H,19,20)/b11-10+/t12-,13-/m0/s1. The van der Waals surface area contributed by atoms with Crippen molar-refractivity contribution in [3.63, 3.8) is 0 Å². The summed E-state index contributed by atoms with van der Waals surface area (Å²) in [6.45, 7) is 5.21. The average molecular weight is 318 g/mol. The van der Waals surface area contributed by atoms with Crippen molar-refractivity contribution in [2.75, 3.05) is 6.54 Å². The second kappa shape index (κ2) is 9.40. The van der Waals surface area contributed by atoms with Gasteiger partial charge in [-0.1, -0.05) is 30.3 Å². The molecule has 0 bridgehead atoms. The van der Waals surface area contributed by atoms with Gasteiger partial charge in [-0.25, -0.2) is 4.79 Å². The number of nitrogens with one attached hydrogen (secondary N) is 2. The molecule has 23 heavy (non-hydrogen) atoms. The number of hydrogen-bond acceptors (Lipinski definition) is 4. The molecule has 1 rings (SSSR count). The van der Waals surface area contributed by atoms with Crippen molar-refractivity contribution in [1.82, 2.24) is 10.6 Å². The third-order valence-electron chi connectivity index (χ3n) is 2.95. The maximum Gasteiger partial charge on any atom is 0.329 e. The van der Waals surface area contributed by atoms with Gasteiger partial charge in [0, 0.05) is 12.6 Å². The number of carbonyl (C=O) groups excluding carboxylic acids is 3. The van der Waals surface area contributed by atoms with Gasteiger partial charge in [0.2, 0.25) is 5.91 Å². The van der Waals surface area contributed by atoms with Crippen LogP contribution in [0.25, 0.3) is 6.08 Å². The van der Waals surface area contributed by atoms with E-state index in [0.29, 0.717) is 6.54 Å². The minimum atomic E-state index is -0.901. The summed E-state index contributed by atoms with van der Waals surface area (Å²) in [5, 5.41) is 5.05. The summed E-state index contributed by atoms with van der Waals surface area (Å²) < 4.78 is 5.00. The molecule has 0 unspecified atom stereocenters. The SMILES string of the molecule is CCNC(=O)[C@H](C)OC(=O)[C@H](C)NC(=O)/C=C/c1ccccc1. The third kappa shape index (κ3) is 6.78. The highest BCUT2D eigenvalue weighted by Gasteiger charge is 2.22. The van der Waals surface area contributed by atoms with Crippen LogP contribution in [0.3, 0.4) is 0 Å². The Morgan fingerprint density at radius 1 is 1.17 bits per heavy atom. The molecule has 0 heterocycles. The first kappa shape index (κ1) is 18.4. The highest BCUT2D eigenvalue weighted by atomic mass is 16.5. The number of carbonyl (C=O) groups is 3. The van der Waals surface area contributed by atoms with E-state index in [4.69, 9.17) is 4.74 Å². The van der Waals surface area contributed by atoms with Crippen LogP contribution in [-0.4, -0.2) is 36.5 Å². The molecule has 2 atom stereocenters. The van der Waals surface area contributed by atoms with Crippen LogP contribution in [0.15, 0.2) is 36.4 Å². The maximum atomic E-state index is 11.8. The molecule has 1 aromatic carbocycles. The number of benzene rings is 1. The zero-order valence-electron chi connectivity index (χ0n) is 13.5. The Hall–Kier alpha value is -2.63. The van der Waals surface area contributed by atoms with E-state index < -0.39 is 24.0 Å². The van der Waals surface area contributed by atoms with Gasteiger partial charge in [0.15, 0.2) is 6.10 Å². The first-order valence-electron chi connectivity index (χ1n) is 7.45. The lowest BCUT2D eigenvalue weighted by Crippen LogP contribution is -2.43. The first-order chi connectivity index (χ1) is 10.9. The van der Waals surface area contributed by atoms with Gasteiger partial charge < -0.3 is 15.4 Å². The van der Waals surface area contributed by atoms with Gasteiger partial charge in [-0.3, -0.25) is 9.59 Å². The van der Waals surface area contributed by atoms with Crippen LogP contribution in [0, 0.1) is 0 Å². The van der Waals surface area contributed by atoms with E-state index in [9.17, 15) is 14.4 Å². The fraction of sp³-hybridized carbons (Fsp3) is 0.353. The van der Waals surface area contributed by atoms with Crippen molar-refractivity contribution in [2.24, 2.45) is 0 Å². The topological polar surface area (TPSA) is 84.5 Å². The van der Waals surface area contributed by atoms with Crippen LogP contribution in [0.2, 0.25) is 0 Å². The van der Waals surface area contributed by atoms with E-state index in [-0.39, 0.29) is 5.91 Å². The number of likely N-dealkylation sites (N-methyl/N-ethyl adjacent to an activating group) is 1. The fourth-order valence-electron chi connectivity index (χ4n) is 1.70. The van der Waals surface area contributed by atoms with E-state index in [2.05, 4.69) is 10.6 Å². The monoisotopic (exact) mass is 318 g/mol. The Kier molecular flexibility index (Phi) is 7.53. The third-order valence-corrected chi connectivity index (χ3v) is 2.95. The smallest absolute Gasteiger partial charge is 0.329 e. The lowest BCUT2D eigenvalue weighted by molar-refractivity contribution is -0.156. The molecular weight excluding hydrogens is 296 g/mol. The van der Waals surface area contributed by atoms with Crippen molar-refractivity contribution < 1.29 is 19.1 Å². The van der Waals surface area contributed by atoms with Gasteiger partial charge in [0.1, 0.15) is 6.04 Å². The van der Waals surface area contributed by atoms with Crippen LogP contribution >= 0.6 is 0 Å². The molecule has 2 amide bonds. The van der Waals surface area contributed by atoms with E-state index in [0.717, 1.165) is 5.56 Å². The Labute approximate surface area is 135 Å². The van der Waals surface area contributed by atoms with Gasteiger partial charge >= 0.3 is 5.97 Å². The van der Waals surface area contributed by atoms with Crippen molar-refractivity contribution in [1.29, 1.82) is 0 Å². The van der Waals surface area contributed by atoms with Gasteiger partial charge in [0.05, 0.1) is 0 Å². The highest BCUT2D eigenvalue weighted by molar-refractivity contribution is 5.94. The van der Waals surface area contributed by atoms with Crippen LogP contribution < -0.4 is 10.6 Å². The molecule has 0 saturated heterocycles. The summed E-state index contributed by atoms with van der Waals surface area (Å²) in [5.74, 6) is -1.45. The lowest BCUT2D eigenvalue weighted by Gasteiger charge is -2.16. The summed E-state index contributed by atoms with van der Waals surface area (Å²) in [6.07, 6.45) is 2.08. The summed E-state index contributed by atoms with van der Waals surface area (Å²) in [6, 6.07) is 8.47. The van der Waals surface area contributed by atoms with Crippen LogP contribution in [0.5, 0.6) is 0 Å². The van der Waals surface area contributed by atoms with Gasteiger partial charge in [0.25, 0.3) is 5.91 Å². The number of hydrogen-bond donors (Lipinski definition) is 2. The molecule has 0 aliphatic rings. The summed E-state index contributed by atoms with van der Waals surface area (Å²) in [5.41, 5.74) is 0.878. The Balaban J connectivity index is 2.46. The number of rotatable bonds is 7. The normalized spacial score (nSPS) is 13.2. The second-order valence-corrected chi connectivity index (χ2v) is 4.95. The molecule has 0 aliphatic heterocycles. The summed E-state index contributed by atoms with van der Waals surface area (Å²) in [7, 11) is 0. The highest BCUT2D eigenvalue weighted by Crippen LogP contribution is 2.01. The first-order valence-corrected chi connectivity index (χ1v) is 7.45. The van der Waals surface area contributed by atoms with Gasteiger partial charge in [-0.15, -0.1) is 0 Å². The minimum absolute atomic E-state index is 0.372. The number of amides is 2. The van der Waals surface area contributed by atoms with Crippen molar-refractivity contribution in [3.8, 4) is 0 Å². The summed E-state index contributed by atoms with van der Waals surface area (Å²) >= 11 is 0. The Morgan fingerprint density at radius 2 is 1.83 bits per heavy atom. The maximum absolute atomic E-state index is 11.8. The van der Waals surface area contributed by atoms with Crippen LogP contribution in [0.4, 0.5) is 0 Å². The van der Waals surface area contributed by atoms with E-state index >= 15 is 0 Å². The molecule has 124 valence electrons. The zero-order valence-corrected chi connectivity index (χ0v) is 13.5. The number of esters is 1. The molecular formula is C17H22N2O4. The molecule has 0 aliphatic carbocycles. The molecule has 6 nitrogen and oxygen atoms in total. The largest absolute Gasteiger partial charge is 0.451 e. The van der Waals surface area contributed by atoms with Crippen molar-refractivity contribution in [3.05, 3.63) is 42.0 Å². The van der Waals surface area contributed by atoms with E-state index in [1.807, 2.05) is 30.3 Å². The molecule has 0 spiro atoms. The Morgan fingerprint density at radius 3 is 2.43 bits per heavy atom. The Bertz CT molecular complexity index is 569. The van der Waals surface area contributed by atoms with Crippen LogP contribution in [0.1, 0.15) is 26.3 Å². The lowest BCUT2D eigenvalue weighted by atomic mass is 10.2.